The van der Waals surface area contributed by atoms with Gasteiger partial charge in [-0.25, -0.2) is 4.79 Å². The zero-order valence-corrected chi connectivity index (χ0v) is 3.35. The minimum atomic E-state index is -1.50. The van der Waals surface area contributed by atoms with E-state index in [0.29, 0.717) is 0 Å². The molecule has 0 aliphatic carbocycles. The lowest BCUT2D eigenvalue weighted by Gasteiger charge is -1.85. The van der Waals surface area contributed by atoms with Crippen molar-refractivity contribution < 1.29 is 19.4 Å². The molecule has 3 nitrogen and oxygen atoms in total. The van der Waals surface area contributed by atoms with Crippen LogP contribution < -0.4 is 0 Å². The maximum atomic E-state index is 10.7. The lowest BCUT2D eigenvalue weighted by atomic mass is 10.6. The van der Waals surface area contributed by atoms with Crippen LogP contribution in [0.5, 0.6) is 0 Å². The Morgan fingerprint density at radius 3 is 2.29 bits per heavy atom. The largest absolute Gasteiger partial charge is 0.475 e. The molecule has 0 aromatic carbocycles. The van der Waals surface area contributed by atoms with Gasteiger partial charge in [-0.15, -0.1) is 0 Å². The monoisotopic (exact) mass is 106 g/mol. The summed E-state index contributed by atoms with van der Waals surface area (Å²) in [5, 5.41) is 7.72. The second-order valence-corrected chi connectivity index (χ2v) is 0.805. The molecule has 40 valence electrons. The Morgan fingerprint density at radius 2 is 2.29 bits per heavy atom. The molecule has 0 spiro atoms. The van der Waals surface area contributed by atoms with E-state index in [0.717, 1.165) is 0 Å². The first-order valence-corrected chi connectivity index (χ1v) is 1.39. The fourth-order valence-electron chi connectivity index (χ4n) is 0.0330. The Bertz CT molecular complexity index is 98.4. The number of carboxylic acid groups (broad SMARTS) is 1. The van der Waals surface area contributed by atoms with Crippen molar-refractivity contribution in [3.05, 3.63) is 12.3 Å². The van der Waals surface area contributed by atoms with Crippen LogP contribution in [0.25, 0.3) is 0 Å². The molecule has 0 heterocycles. The van der Waals surface area contributed by atoms with E-state index >= 15 is 0 Å². The van der Waals surface area contributed by atoms with Crippen molar-refractivity contribution in [3.63, 3.8) is 0 Å². The highest BCUT2D eigenvalue weighted by molar-refractivity contribution is 5.83. The van der Waals surface area contributed by atoms with Crippen molar-refractivity contribution in [2.24, 2.45) is 0 Å². The smallest absolute Gasteiger partial charge is 0.375 e. The summed E-state index contributed by atoms with van der Waals surface area (Å²) in [6.45, 7) is 2.68. The number of hydrogen-bond donors (Lipinski definition) is 1. The lowest BCUT2D eigenvalue weighted by Crippen LogP contribution is -1.97. The molecule has 0 unspecified atom stereocenters. The minimum Gasteiger partial charge on any atom is -0.475 e. The van der Waals surface area contributed by atoms with Crippen molar-refractivity contribution in [3.8, 4) is 0 Å². The summed E-state index contributed by atoms with van der Waals surface area (Å²) in [6, 6.07) is 0. The molecule has 0 saturated heterocycles. The average molecular weight is 106 g/mol. The molecule has 0 aliphatic rings. The Balaban J connectivity index is 3.58. The Morgan fingerprint density at radius 1 is 1.86 bits per heavy atom. The highest BCUT2D eigenvalue weighted by Crippen LogP contribution is 1.90. The SMILES string of the molecule is C=C(OF)C(=O)O. The van der Waals surface area contributed by atoms with Gasteiger partial charge in [0.05, 0.1) is 0 Å². The van der Waals surface area contributed by atoms with Crippen LogP contribution in [0.3, 0.4) is 0 Å². The Labute approximate surface area is 38.9 Å². The van der Waals surface area contributed by atoms with Crippen molar-refractivity contribution in [2.75, 3.05) is 0 Å². The topological polar surface area (TPSA) is 46.5 Å². The van der Waals surface area contributed by atoms with E-state index in [9.17, 15) is 9.32 Å². The van der Waals surface area contributed by atoms with Crippen LogP contribution in [-0.4, -0.2) is 11.1 Å². The molecule has 0 rings (SSSR count). The maximum absolute atomic E-state index is 10.7. The normalized spacial score (nSPS) is 7.57. The van der Waals surface area contributed by atoms with Crippen LogP contribution in [0.15, 0.2) is 12.3 Å². The molecule has 0 atom stereocenters. The Hall–Kier alpha value is -1.06. The van der Waals surface area contributed by atoms with Crippen molar-refractivity contribution in [2.45, 2.75) is 0 Å². The van der Waals surface area contributed by atoms with E-state index in [4.69, 9.17) is 5.11 Å². The molecule has 0 fully saturated rings. The molecule has 4 heteroatoms. The first-order valence-electron chi connectivity index (χ1n) is 1.39. The van der Waals surface area contributed by atoms with Gasteiger partial charge in [-0.05, 0) is 6.58 Å². The molecule has 0 radical (unpaired) electrons. The molecule has 0 amide bonds. The van der Waals surface area contributed by atoms with Crippen LogP contribution in [-0.2, 0) is 9.74 Å². The summed E-state index contributed by atoms with van der Waals surface area (Å²) in [6.07, 6.45) is 0. The van der Waals surface area contributed by atoms with E-state index in [1.54, 1.807) is 0 Å². The molecule has 0 aliphatic heterocycles. The number of carbonyl (C=O) groups is 1. The predicted molar refractivity (Wildman–Crippen MR) is 19.0 cm³/mol. The molecular weight excluding hydrogens is 103 g/mol. The summed E-state index contributed by atoms with van der Waals surface area (Å²) in [7, 11) is 0. The molecule has 1 N–H and O–H groups in total. The van der Waals surface area contributed by atoms with Crippen LogP contribution in [0.2, 0.25) is 0 Å². The van der Waals surface area contributed by atoms with Gasteiger partial charge in [0, 0.05) is 4.53 Å². The highest BCUT2D eigenvalue weighted by atomic mass is 19.3. The van der Waals surface area contributed by atoms with Crippen LogP contribution in [0, 0.1) is 0 Å². The summed E-state index contributed by atoms with van der Waals surface area (Å²) >= 11 is 0. The van der Waals surface area contributed by atoms with E-state index < -0.39 is 11.7 Å². The number of aliphatic carboxylic acids is 1. The van der Waals surface area contributed by atoms with Crippen molar-refractivity contribution in [1.82, 2.24) is 0 Å². The zero-order chi connectivity index (χ0) is 5.86. The summed E-state index contributed by atoms with van der Waals surface area (Å²) in [5.74, 6) is -2.40. The molecule has 0 bridgehead atoms. The van der Waals surface area contributed by atoms with Crippen molar-refractivity contribution in [1.29, 1.82) is 0 Å². The predicted octanol–water partition coefficient (Wildman–Crippen LogP) is 0.486. The van der Waals surface area contributed by atoms with Crippen LogP contribution in [0.4, 0.5) is 4.53 Å². The van der Waals surface area contributed by atoms with E-state index in [1.807, 2.05) is 0 Å². The molecule has 7 heavy (non-hydrogen) atoms. The van der Waals surface area contributed by atoms with Gasteiger partial charge in [0.1, 0.15) is 0 Å². The third-order valence-electron chi connectivity index (χ3n) is 0.332. The first-order chi connectivity index (χ1) is 3.18. The van der Waals surface area contributed by atoms with Crippen molar-refractivity contribution >= 4 is 5.97 Å². The molecule has 0 aromatic heterocycles. The second-order valence-electron chi connectivity index (χ2n) is 0.805. The van der Waals surface area contributed by atoms with E-state index in [-0.39, 0.29) is 0 Å². The number of halogens is 1. The highest BCUT2D eigenvalue weighted by Gasteiger charge is 2.02. The fourth-order valence-corrected chi connectivity index (χ4v) is 0.0330. The minimum absolute atomic E-state index is 0.903. The van der Waals surface area contributed by atoms with Gasteiger partial charge in [0.15, 0.2) is 0 Å². The van der Waals surface area contributed by atoms with Gasteiger partial charge in [0.2, 0.25) is 5.76 Å². The second kappa shape index (κ2) is 2.17. The summed E-state index contributed by atoms with van der Waals surface area (Å²) < 4.78 is 10.7. The van der Waals surface area contributed by atoms with Gasteiger partial charge >= 0.3 is 5.97 Å². The maximum Gasteiger partial charge on any atom is 0.375 e. The average Bonchev–Trinajstić information content (AvgIpc) is 1.65. The van der Waals surface area contributed by atoms with Gasteiger partial charge in [-0.3, -0.25) is 4.94 Å². The first kappa shape index (κ1) is 5.94. The number of rotatable bonds is 2. The third kappa shape index (κ3) is 1.75. The summed E-state index contributed by atoms with van der Waals surface area (Å²) in [4.78, 5) is 12.2. The van der Waals surface area contributed by atoms with E-state index in [2.05, 4.69) is 11.5 Å². The number of hydrogen-bond acceptors (Lipinski definition) is 2. The van der Waals surface area contributed by atoms with Crippen LogP contribution >= 0.6 is 0 Å². The third-order valence-corrected chi connectivity index (χ3v) is 0.332. The molecule has 0 saturated carbocycles. The summed E-state index contributed by atoms with van der Waals surface area (Å²) in [5.41, 5.74) is 0. The quantitative estimate of drug-likeness (QED) is 0.411. The van der Waals surface area contributed by atoms with Gasteiger partial charge in [0.25, 0.3) is 0 Å². The standard InChI is InChI=1S/C3H3FO3/c1-2(7-4)3(5)6/h1H2,(H,5,6). The van der Waals surface area contributed by atoms with Gasteiger partial charge < -0.3 is 5.11 Å². The van der Waals surface area contributed by atoms with Gasteiger partial charge in [-0.1, -0.05) is 0 Å². The lowest BCUT2D eigenvalue weighted by molar-refractivity contribution is -0.149. The fraction of sp³-hybridized carbons (Fsp3) is 0. The Kier molecular flexibility index (Phi) is 1.84. The van der Waals surface area contributed by atoms with Crippen LogP contribution in [0.1, 0.15) is 0 Å². The zero-order valence-electron chi connectivity index (χ0n) is 3.35. The van der Waals surface area contributed by atoms with Gasteiger partial charge in [-0.2, -0.15) is 0 Å². The van der Waals surface area contributed by atoms with E-state index in [1.165, 1.54) is 0 Å². The number of carboxylic acids is 1. The molecule has 0 aromatic rings. The molecular formula is C3H3FO3.